The van der Waals surface area contributed by atoms with E-state index in [1.165, 1.54) is 4.90 Å². The molecular weight excluding hydrogens is 361 g/mol. The maximum Gasteiger partial charge on any atom is 0.471 e. The van der Waals surface area contributed by atoms with Gasteiger partial charge in [0.1, 0.15) is 18.5 Å². The Morgan fingerprint density at radius 2 is 2.15 bits per heavy atom. The Morgan fingerprint density at radius 3 is 2.69 bits per heavy atom. The number of hydrogen-bond acceptors (Lipinski definition) is 6. The lowest BCUT2D eigenvalue weighted by molar-refractivity contribution is -0.173. The van der Waals surface area contributed by atoms with Gasteiger partial charge in [0, 0.05) is 25.2 Å². The molecule has 0 spiro atoms. The maximum atomic E-state index is 12.3. The molecule has 2 aliphatic rings. The van der Waals surface area contributed by atoms with Crippen molar-refractivity contribution in [2.75, 3.05) is 19.7 Å². The van der Waals surface area contributed by atoms with E-state index in [4.69, 9.17) is 9.84 Å². The third-order valence-electron chi connectivity index (χ3n) is 3.99. The molecule has 5 N–H and O–H groups in total. The first kappa shape index (κ1) is 20.4. The Balaban J connectivity index is 1.85. The largest absolute Gasteiger partial charge is 0.471 e. The summed E-state index contributed by atoms with van der Waals surface area (Å²) in [5, 5.41) is 26.0. The predicted octanol–water partition coefficient (Wildman–Crippen LogP) is -1.02. The van der Waals surface area contributed by atoms with Gasteiger partial charge >= 0.3 is 18.1 Å². The minimum absolute atomic E-state index is 0.00176. The van der Waals surface area contributed by atoms with Crippen molar-refractivity contribution in [2.24, 2.45) is 0 Å². The van der Waals surface area contributed by atoms with E-state index in [2.05, 4.69) is 10.6 Å². The minimum Gasteiger partial charge on any atom is -0.394 e. The zero-order valence-corrected chi connectivity index (χ0v) is 13.9. The zero-order chi connectivity index (χ0) is 19.5. The van der Waals surface area contributed by atoms with E-state index in [0.717, 1.165) is 0 Å². The monoisotopic (exact) mass is 382 g/mol. The Morgan fingerprint density at radius 1 is 1.46 bits per heavy atom. The van der Waals surface area contributed by atoms with Crippen LogP contribution in [0.3, 0.4) is 0 Å². The Hall–Kier alpha value is -1.89. The molecule has 1 saturated heterocycles. The summed E-state index contributed by atoms with van der Waals surface area (Å²) in [7, 11) is 0. The molecular formula is C14H21F3N4O5. The van der Waals surface area contributed by atoms with Gasteiger partial charge in [-0.05, 0) is 13.0 Å². The van der Waals surface area contributed by atoms with Crippen molar-refractivity contribution in [3.63, 3.8) is 0 Å². The fraction of sp³-hybridized carbons (Fsp3) is 0.714. The molecule has 4 atom stereocenters. The molecule has 148 valence electrons. The molecule has 0 aromatic heterocycles. The number of aliphatic hydroxyl groups excluding tert-OH is 2. The van der Waals surface area contributed by atoms with E-state index < -0.39 is 42.7 Å². The summed E-state index contributed by atoms with van der Waals surface area (Å²) in [6.07, 6.45) is -6.20. The molecule has 0 aromatic rings. The Labute approximate surface area is 147 Å². The Kier molecular flexibility index (Phi) is 6.44. The van der Waals surface area contributed by atoms with E-state index in [9.17, 15) is 27.9 Å². The van der Waals surface area contributed by atoms with Crippen LogP contribution in [0.15, 0.2) is 11.8 Å². The lowest BCUT2D eigenvalue weighted by Gasteiger charge is -2.35. The Bertz CT molecular complexity index is 571. The van der Waals surface area contributed by atoms with E-state index in [1.807, 2.05) is 0 Å². The number of halogens is 3. The fourth-order valence-corrected chi connectivity index (χ4v) is 2.74. The third kappa shape index (κ3) is 4.84. The number of carbonyl (C=O) groups excluding carboxylic acids is 2. The number of urea groups is 1. The van der Waals surface area contributed by atoms with Crippen molar-refractivity contribution in [1.82, 2.24) is 20.9 Å². The molecule has 2 rings (SSSR count). The van der Waals surface area contributed by atoms with E-state index in [0.29, 0.717) is 5.70 Å². The summed E-state index contributed by atoms with van der Waals surface area (Å²) >= 11 is 0. The number of carbonyl (C=O) groups is 2. The van der Waals surface area contributed by atoms with Crippen LogP contribution in [-0.4, -0.2) is 77.5 Å². The van der Waals surface area contributed by atoms with Crippen LogP contribution in [0.5, 0.6) is 0 Å². The molecule has 3 amide bonds. The zero-order valence-electron chi connectivity index (χ0n) is 13.9. The van der Waals surface area contributed by atoms with Crippen molar-refractivity contribution in [3.05, 3.63) is 11.8 Å². The molecule has 12 heteroatoms. The van der Waals surface area contributed by atoms with Crippen LogP contribution < -0.4 is 16.0 Å². The van der Waals surface area contributed by atoms with Crippen molar-refractivity contribution < 1.29 is 37.7 Å². The van der Waals surface area contributed by atoms with Gasteiger partial charge in [-0.1, -0.05) is 0 Å². The highest BCUT2D eigenvalue weighted by Gasteiger charge is 2.41. The van der Waals surface area contributed by atoms with Gasteiger partial charge < -0.3 is 25.6 Å². The van der Waals surface area contributed by atoms with Crippen LogP contribution in [-0.2, 0) is 9.53 Å². The lowest BCUT2D eigenvalue weighted by atomic mass is 10.1. The van der Waals surface area contributed by atoms with Crippen LogP contribution in [0.2, 0.25) is 0 Å². The summed E-state index contributed by atoms with van der Waals surface area (Å²) in [5.74, 6) is -2.03. The maximum absolute atomic E-state index is 12.3. The highest BCUT2D eigenvalue weighted by atomic mass is 19.4. The number of amides is 3. The number of alkyl halides is 3. The van der Waals surface area contributed by atoms with Crippen LogP contribution in [0, 0.1) is 0 Å². The molecule has 2 aliphatic heterocycles. The summed E-state index contributed by atoms with van der Waals surface area (Å²) in [4.78, 5) is 24.2. The summed E-state index contributed by atoms with van der Waals surface area (Å²) < 4.78 is 41.6. The molecule has 1 unspecified atom stereocenters. The molecule has 9 nitrogen and oxygen atoms in total. The second-order valence-electron chi connectivity index (χ2n) is 5.93. The van der Waals surface area contributed by atoms with Gasteiger partial charge in [0.05, 0.1) is 12.7 Å². The van der Waals surface area contributed by atoms with Gasteiger partial charge in [0.2, 0.25) is 0 Å². The molecule has 26 heavy (non-hydrogen) atoms. The quantitative estimate of drug-likeness (QED) is 0.375. The van der Waals surface area contributed by atoms with Crippen molar-refractivity contribution in [3.8, 4) is 0 Å². The summed E-state index contributed by atoms with van der Waals surface area (Å²) in [5.41, 5.74) is 0.515. The van der Waals surface area contributed by atoms with E-state index >= 15 is 0 Å². The normalized spacial score (nSPS) is 29.4. The average molecular weight is 382 g/mol. The van der Waals surface area contributed by atoms with Crippen LogP contribution in [0.4, 0.5) is 18.0 Å². The summed E-state index contributed by atoms with van der Waals surface area (Å²) in [6.45, 7) is 1.00. The van der Waals surface area contributed by atoms with Gasteiger partial charge in [-0.15, -0.1) is 0 Å². The number of allylic oxidation sites excluding steroid dienone is 1. The second-order valence-corrected chi connectivity index (χ2v) is 5.93. The van der Waals surface area contributed by atoms with Crippen molar-refractivity contribution in [2.45, 2.75) is 44.1 Å². The predicted molar refractivity (Wildman–Crippen MR) is 81.4 cm³/mol. The van der Waals surface area contributed by atoms with Crippen LogP contribution in [0.1, 0.15) is 13.3 Å². The summed E-state index contributed by atoms with van der Waals surface area (Å²) in [6, 6.07) is -0.516. The fourth-order valence-electron chi connectivity index (χ4n) is 2.74. The average Bonchev–Trinajstić information content (AvgIpc) is 2.90. The highest BCUT2D eigenvalue weighted by molar-refractivity contribution is 5.81. The first-order chi connectivity index (χ1) is 12.1. The number of ether oxygens (including phenoxy) is 1. The molecule has 0 bridgehead atoms. The van der Waals surface area contributed by atoms with Crippen LogP contribution >= 0.6 is 0 Å². The van der Waals surface area contributed by atoms with E-state index in [1.54, 1.807) is 18.3 Å². The molecule has 0 aromatic carbocycles. The third-order valence-corrected chi connectivity index (χ3v) is 3.99. The number of hydrogen-bond donors (Lipinski definition) is 5. The van der Waals surface area contributed by atoms with Gasteiger partial charge in [-0.2, -0.15) is 13.2 Å². The highest BCUT2D eigenvalue weighted by Crippen LogP contribution is 2.27. The number of nitrogens with zero attached hydrogens (tertiary/aromatic N) is 1. The first-order valence-electron chi connectivity index (χ1n) is 7.94. The first-order valence-corrected chi connectivity index (χ1v) is 7.94. The van der Waals surface area contributed by atoms with Gasteiger partial charge in [0.25, 0.3) is 0 Å². The number of rotatable bonds is 6. The van der Waals surface area contributed by atoms with Crippen molar-refractivity contribution >= 4 is 11.9 Å². The van der Waals surface area contributed by atoms with Crippen LogP contribution in [0.25, 0.3) is 0 Å². The van der Waals surface area contributed by atoms with Gasteiger partial charge in [-0.3, -0.25) is 15.0 Å². The van der Waals surface area contributed by atoms with Gasteiger partial charge in [-0.25, -0.2) is 4.79 Å². The molecule has 0 saturated carbocycles. The second kappa shape index (κ2) is 8.20. The van der Waals surface area contributed by atoms with E-state index in [-0.39, 0.29) is 26.1 Å². The molecule has 0 radical (unpaired) electrons. The molecule has 2 heterocycles. The minimum atomic E-state index is -4.94. The smallest absolute Gasteiger partial charge is 0.394 e. The molecule has 1 fully saturated rings. The number of aliphatic hydroxyl groups is 2. The lowest BCUT2D eigenvalue weighted by Crippen LogP contribution is -2.56. The van der Waals surface area contributed by atoms with Crippen molar-refractivity contribution in [1.29, 1.82) is 0 Å². The number of nitrogens with one attached hydrogen (secondary N) is 3. The topological polar surface area (TPSA) is 123 Å². The standard InChI is InChI=1S/C14H21F3N4O5/c1-7-4-10(18-2-3-19-12(24)14(15,16)17)20-13(25)21(7)11-5-8(23)9(6-22)26-11/h4,8-11,18,22-23H,2-3,5-6H2,1H3,(H,19,24)(H,20,25)/t8-,9+,10?,11+/m0/s1. The molecule has 0 aliphatic carbocycles. The van der Waals surface area contributed by atoms with Gasteiger partial charge in [0.15, 0.2) is 0 Å². The SMILES string of the molecule is CC1=CC(NCCNC(=O)C(F)(F)F)NC(=O)N1[C@H]1C[C@H](O)[C@@H](CO)O1.